The fraction of sp³-hybridized carbons (Fsp3) is 0.0667. The van der Waals surface area contributed by atoms with Gasteiger partial charge in [-0.1, -0.05) is 35.9 Å². The minimum absolute atomic E-state index is 0.420. The molecule has 19 heavy (non-hydrogen) atoms. The molecule has 0 unspecified atom stereocenters. The lowest BCUT2D eigenvalue weighted by Crippen LogP contribution is -2.04. The van der Waals surface area contributed by atoms with E-state index in [1.54, 1.807) is 36.7 Å². The summed E-state index contributed by atoms with van der Waals surface area (Å²) >= 11 is 6.09. The molecule has 1 heterocycles. The molecule has 2 rings (SSSR count). The van der Waals surface area contributed by atoms with E-state index in [9.17, 15) is 4.79 Å². The fourth-order valence-corrected chi connectivity index (χ4v) is 1.83. The van der Waals surface area contributed by atoms with Crippen LogP contribution in [0.1, 0.15) is 11.1 Å². The highest BCUT2D eigenvalue weighted by atomic mass is 35.5. The van der Waals surface area contributed by atoms with Crippen LogP contribution in [-0.2, 0) is 9.53 Å². The lowest BCUT2D eigenvalue weighted by atomic mass is 10.0. The fourth-order valence-electron chi connectivity index (χ4n) is 1.64. The number of carbonyl (C=O) groups is 1. The number of halogens is 1. The summed E-state index contributed by atoms with van der Waals surface area (Å²) < 4.78 is 4.80. The summed E-state index contributed by atoms with van der Waals surface area (Å²) in [6.45, 7) is 0. The molecule has 0 aliphatic carbocycles. The molecule has 0 radical (unpaired) electrons. The maximum absolute atomic E-state index is 11.9. The van der Waals surface area contributed by atoms with Crippen LogP contribution in [0.4, 0.5) is 0 Å². The molecule has 0 aliphatic rings. The number of hydrogen-bond acceptors (Lipinski definition) is 3. The van der Waals surface area contributed by atoms with Crippen LogP contribution in [0.3, 0.4) is 0 Å². The van der Waals surface area contributed by atoms with Gasteiger partial charge in [-0.15, -0.1) is 0 Å². The number of hydrogen-bond donors (Lipinski definition) is 0. The molecule has 0 saturated carbocycles. The summed E-state index contributed by atoms with van der Waals surface area (Å²) in [6, 6.07) is 10.9. The smallest absolute Gasteiger partial charge is 0.338 e. The quantitative estimate of drug-likeness (QED) is 0.635. The van der Waals surface area contributed by atoms with E-state index in [1.165, 1.54) is 7.11 Å². The number of ether oxygens (including phenoxy) is 1. The summed E-state index contributed by atoms with van der Waals surface area (Å²) in [5, 5.41) is 0.577. The van der Waals surface area contributed by atoms with Gasteiger partial charge in [0.05, 0.1) is 12.7 Å². The van der Waals surface area contributed by atoms with Crippen molar-refractivity contribution in [3.63, 3.8) is 0 Å². The molecular formula is C15H12ClNO2. The molecule has 2 aromatic rings. The van der Waals surface area contributed by atoms with Crippen molar-refractivity contribution in [1.29, 1.82) is 0 Å². The van der Waals surface area contributed by atoms with Gasteiger partial charge in [0, 0.05) is 23.0 Å². The predicted octanol–water partition coefficient (Wildman–Crippen LogP) is 3.45. The molecule has 0 bridgehead atoms. The Morgan fingerprint density at radius 1 is 1.26 bits per heavy atom. The molecule has 1 aromatic carbocycles. The second kappa shape index (κ2) is 6.16. The van der Waals surface area contributed by atoms with E-state index < -0.39 is 5.97 Å². The summed E-state index contributed by atoms with van der Waals surface area (Å²) in [5.41, 5.74) is 1.87. The van der Waals surface area contributed by atoms with E-state index in [-0.39, 0.29) is 0 Å². The third kappa shape index (κ3) is 3.20. The van der Waals surface area contributed by atoms with Gasteiger partial charge in [0.15, 0.2) is 0 Å². The predicted molar refractivity (Wildman–Crippen MR) is 75.6 cm³/mol. The highest BCUT2D eigenvalue weighted by Crippen LogP contribution is 2.23. The van der Waals surface area contributed by atoms with Crippen LogP contribution < -0.4 is 0 Å². The van der Waals surface area contributed by atoms with E-state index in [1.807, 2.05) is 18.2 Å². The highest BCUT2D eigenvalue weighted by molar-refractivity contribution is 6.33. The zero-order chi connectivity index (χ0) is 13.7. The van der Waals surface area contributed by atoms with E-state index in [0.29, 0.717) is 16.2 Å². The van der Waals surface area contributed by atoms with E-state index in [2.05, 4.69) is 4.98 Å². The SMILES string of the molecule is COC(=O)C(=Cc1ccccc1Cl)c1cccnc1. The van der Waals surface area contributed by atoms with E-state index in [0.717, 1.165) is 5.56 Å². The van der Waals surface area contributed by atoms with Gasteiger partial charge in [-0.25, -0.2) is 4.79 Å². The first-order chi connectivity index (χ1) is 9.22. The van der Waals surface area contributed by atoms with Crippen LogP contribution in [-0.4, -0.2) is 18.1 Å². The lowest BCUT2D eigenvalue weighted by Gasteiger charge is -2.06. The van der Waals surface area contributed by atoms with E-state index in [4.69, 9.17) is 16.3 Å². The average Bonchev–Trinajstić information content (AvgIpc) is 2.46. The number of rotatable bonds is 3. The van der Waals surface area contributed by atoms with Crippen molar-refractivity contribution >= 4 is 29.2 Å². The van der Waals surface area contributed by atoms with Crippen LogP contribution in [0, 0.1) is 0 Å². The largest absolute Gasteiger partial charge is 0.465 e. The van der Waals surface area contributed by atoms with Crippen molar-refractivity contribution in [2.45, 2.75) is 0 Å². The third-order valence-electron chi connectivity index (χ3n) is 2.58. The Balaban J connectivity index is 2.51. The van der Waals surface area contributed by atoms with Crippen molar-refractivity contribution in [3.8, 4) is 0 Å². The number of pyridine rings is 1. The van der Waals surface area contributed by atoms with Crippen molar-refractivity contribution in [2.24, 2.45) is 0 Å². The number of carbonyl (C=O) groups excluding carboxylic acids is 1. The molecule has 4 heteroatoms. The van der Waals surface area contributed by atoms with Crippen LogP contribution >= 0.6 is 11.6 Å². The van der Waals surface area contributed by atoms with Gasteiger partial charge in [-0.3, -0.25) is 4.98 Å². The van der Waals surface area contributed by atoms with Crippen LogP contribution in [0.5, 0.6) is 0 Å². The Bertz CT molecular complexity index is 609. The Morgan fingerprint density at radius 2 is 2.05 bits per heavy atom. The van der Waals surface area contributed by atoms with Crippen LogP contribution in [0.2, 0.25) is 5.02 Å². The van der Waals surface area contributed by atoms with Gasteiger partial charge < -0.3 is 4.74 Å². The minimum Gasteiger partial charge on any atom is -0.465 e. The minimum atomic E-state index is -0.423. The topological polar surface area (TPSA) is 39.2 Å². The van der Waals surface area contributed by atoms with Crippen LogP contribution in [0.25, 0.3) is 11.6 Å². The molecular weight excluding hydrogens is 262 g/mol. The summed E-state index contributed by atoms with van der Waals surface area (Å²) in [4.78, 5) is 15.9. The molecule has 96 valence electrons. The molecule has 1 aromatic heterocycles. The monoisotopic (exact) mass is 273 g/mol. The molecule has 0 spiro atoms. The maximum atomic E-state index is 11.9. The Kier molecular flexibility index (Phi) is 4.31. The molecule has 3 nitrogen and oxygen atoms in total. The maximum Gasteiger partial charge on any atom is 0.338 e. The van der Waals surface area contributed by atoms with Crippen LogP contribution in [0.15, 0.2) is 48.8 Å². The number of benzene rings is 1. The number of methoxy groups -OCH3 is 1. The van der Waals surface area contributed by atoms with Gasteiger partial charge in [0.25, 0.3) is 0 Å². The highest BCUT2D eigenvalue weighted by Gasteiger charge is 2.13. The Labute approximate surface area is 116 Å². The third-order valence-corrected chi connectivity index (χ3v) is 2.93. The van der Waals surface area contributed by atoms with Gasteiger partial charge in [0.2, 0.25) is 0 Å². The second-order valence-corrected chi connectivity index (χ2v) is 4.22. The molecule has 0 N–H and O–H groups in total. The number of nitrogens with zero attached hydrogens (tertiary/aromatic N) is 1. The average molecular weight is 274 g/mol. The Hall–Kier alpha value is -2.13. The van der Waals surface area contributed by atoms with Gasteiger partial charge in [0.1, 0.15) is 0 Å². The summed E-state index contributed by atoms with van der Waals surface area (Å²) in [6.07, 6.45) is 4.96. The van der Waals surface area contributed by atoms with Crippen molar-refractivity contribution in [2.75, 3.05) is 7.11 Å². The zero-order valence-electron chi connectivity index (χ0n) is 10.3. The Morgan fingerprint density at radius 3 is 2.68 bits per heavy atom. The first kappa shape index (κ1) is 13.3. The summed E-state index contributed by atoms with van der Waals surface area (Å²) in [5.74, 6) is -0.423. The lowest BCUT2D eigenvalue weighted by molar-refractivity contribution is -0.133. The first-order valence-corrected chi connectivity index (χ1v) is 6.05. The molecule has 0 saturated heterocycles. The molecule has 0 fully saturated rings. The normalized spacial score (nSPS) is 11.2. The number of aromatic nitrogens is 1. The zero-order valence-corrected chi connectivity index (χ0v) is 11.1. The second-order valence-electron chi connectivity index (χ2n) is 3.81. The first-order valence-electron chi connectivity index (χ1n) is 5.67. The van der Waals surface area contributed by atoms with Gasteiger partial charge in [-0.05, 0) is 23.8 Å². The molecule has 0 amide bonds. The molecule has 0 aliphatic heterocycles. The molecule has 0 atom stereocenters. The van der Waals surface area contributed by atoms with Crippen molar-refractivity contribution in [1.82, 2.24) is 4.98 Å². The van der Waals surface area contributed by atoms with Gasteiger partial charge >= 0.3 is 5.97 Å². The standard InChI is InChI=1S/C15H12ClNO2/c1-19-15(18)13(12-6-4-8-17-10-12)9-11-5-2-3-7-14(11)16/h2-10H,1H3. The van der Waals surface area contributed by atoms with Crippen molar-refractivity contribution < 1.29 is 9.53 Å². The van der Waals surface area contributed by atoms with Gasteiger partial charge in [-0.2, -0.15) is 0 Å². The van der Waals surface area contributed by atoms with Crippen molar-refractivity contribution in [3.05, 3.63) is 64.9 Å². The number of esters is 1. The van der Waals surface area contributed by atoms with E-state index >= 15 is 0 Å². The summed E-state index contributed by atoms with van der Waals surface area (Å²) in [7, 11) is 1.35.